The van der Waals surface area contributed by atoms with Crippen LogP contribution in [0.15, 0.2) is 36.4 Å². The first-order valence-electron chi connectivity index (χ1n) is 5.50. The van der Waals surface area contributed by atoms with E-state index in [-0.39, 0.29) is 11.5 Å². The summed E-state index contributed by atoms with van der Waals surface area (Å²) in [4.78, 5) is 0. The zero-order valence-corrected chi connectivity index (χ0v) is 12.0. The topological polar surface area (TPSA) is 64.2 Å². The van der Waals surface area contributed by atoms with Gasteiger partial charge in [0, 0.05) is 3.57 Å². The molecule has 0 saturated heterocycles. The van der Waals surface area contributed by atoms with Crippen molar-refractivity contribution >= 4 is 34.7 Å². The fourth-order valence-electron chi connectivity index (χ4n) is 1.60. The zero-order valence-electron chi connectivity index (χ0n) is 9.84. The smallest absolute Gasteiger partial charge is 0.157 e. The van der Waals surface area contributed by atoms with Gasteiger partial charge in [0.2, 0.25) is 0 Å². The van der Waals surface area contributed by atoms with Gasteiger partial charge in [0.25, 0.3) is 0 Å². The average Bonchev–Trinajstić information content (AvgIpc) is 2.41. The molecule has 2 N–H and O–H groups in total. The van der Waals surface area contributed by atoms with E-state index in [4.69, 9.17) is 5.26 Å². The van der Waals surface area contributed by atoms with Gasteiger partial charge in [-0.25, -0.2) is 0 Å². The predicted octanol–water partition coefficient (Wildman–Crippen LogP) is 3.74. The molecule has 0 saturated carbocycles. The molecule has 0 heterocycles. The maximum absolute atomic E-state index is 9.40. The number of nitrogens with zero attached hydrogens (tertiary/aromatic N) is 1. The Bertz CT molecular complexity index is 687. The van der Waals surface area contributed by atoms with Crippen LogP contribution in [-0.2, 0) is 0 Å². The zero-order chi connectivity index (χ0) is 13.8. The summed E-state index contributed by atoms with van der Waals surface area (Å²) in [7, 11) is 0. The standard InChI is InChI=1S/C15H10INO2/c16-13-5-4-11(12(8-13)9-17)3-1-10-2-6-14(18)15(19)7-10/h1-8,18-19H. The number of aromatic hydroxyl groups is 2. The van der Waals surface area contributed by atoms with Gasteiger partial charge in [-0.05, 0) is 58.0 Å². The van der Waals surface area contributed by atoms with Crippen molar-refractivity contribution in [3.63, 3.8) is 0 Å². The number of halogens is 1. The van der Waals surface area contributed by atoms with Crippen LogP contribution in [-0.4, -0.2) is 10.2 Å². The first-order chi connectivity index (χ1) is 9.10. The highest BCUT2D eigenvalue weighted by Crippen LogP contribution is 2.26. The van der Waals surface area contributed by atoms with Crippen LogP contribution in [0.4, 0.5) is 0 Å². The molecular weight excluding hydrogens is 353 g/mol. The Morgan fingerprint density at radius 1 is 1.00 bits per heavy atom. The minimum absolute atomic E-state index is 0.149. The maximum Gasteiger partial charge on any atom is 0.157 e. The third kappa shape index (κ3) is 3.26. The molecule has 2 rings (SSSR count). The summed E-state index contributed by atoms with van der Waals surface area (Å²) in [6.45, 7) is 0. The summed E-state index contributed by atoms with van der Waals surface area (Å²) >= 11 is 2.16. The second-order valence-corrected chi connectivity index (χ2v) is 5.17. The molecule has 0 bridgehead atoms. The van der Waals surface area contributed by atoms with Gasteiger partial charge in [0.15, 0.2) is 11.5 Å². The number of nitriles is 1. The Balaban J connectivity index is 2.33. The van der Waals surface area contributed by atoms with Gasteiger partial charge in [-0.2, -0.15) is 5.26 Å². The van der Waals surface area contributed by atoms with E-state index >= 15 is 0 Å². The number of hydrogen-bond donors (Lipinski definition) is 2. The van der Waals surface area contributed by atoms with E-state index < -0.39 is 0 Å². The second kappa shape index (κ2) is 5.76. The summed E-state index contributed by atoms with van der Waals surface area (Å²) in [5, 5.41) is 27.7. The molecule has 2 aromatic rings. The van der Waals surface area contributed by atoms with Crippen LogP contribution in [0.3, 0.4) is 0 Å². The van der Waals surface area contributed by atoms with Gasteiger partial charge < -0.3 is 10.2 Å². The first-order valence-corrected chi connectivity index (χ1v) is 6.58. The van der Waals surface area contributed by atoms with Crippen molar-refractivity contribution in [3.05, 3.63) is 56.7 Å². The third-order valence-electron chi connectivity index (χ3n) is 2.59. The highest BCUT2D eigenvalue weighted by atomic mass is 127. The van der Waals surface area contributed by atoms with E-state index in [9.17, 15) is 10.2 Å². The van der Waals surface area contributed by atoms with Gasteiger partial charge in [0.1, 0.15) is 0 Å². The Morgan fingerprint density at radius 3 is 2.47 bits per heavy atom. The average molecular weight is 363 g/mol. The second-order valence-electron chi connectivity index (χ2n) is 3.92. The number of benzene rings is 2. The molecule has 0 aliphatic heterocycles. The number of phenolic OH excluding ortho intramolecular Hbond substituents is 2. The molecule has 0 spiro atoms. The molecule has 4 heteroatoms. The van der Waals surface area contributed by atoms with Crippen molar-refractivity contribution in [2.45, 2.75) is 0 Å². The Morgan fingerprint density at radius 2 is 1.79 bits per heavy atom. The van der Waals surface area contributed by atoms with Crippen molar-refractivity contribution in [2.24, 2.45) is 0 Å². The van der Waals surface area contributed by atoms with Crippen LogP contribution < -0.4 is 0 Å². The highest BCUT2D eigenvalue weighted by molar-refractivity contribution is 14.1. The molecule has 0 aromatic heterocycles. The lowest BCUT2D eigenvalue weighted by atomic mass is 10.1. The van der Waals surface area contributed by atoms with E-state index in [0.29, 0.717) is 5.56 Å². The largest absolute Gasteiger partial charge is 0.504 e. The lowest BCUT2D eigenvalue weighted by molar-refractivity contribution is 0.403. The number of hydrogen-bond acceptors (Lipinski definition) is 3. The van der Waals surface area contributed by atoms with Crippen LogP contribution in [0, 0.1) is 14.9 Å². The predicted molar refractivity (Wildman–Crippen MR) is 82.6 cm³/mol. The SMILES string of the molecule is N#Cc1cc(I)ccc1C=Cc1ccc(O)c(O)c1. The maximum atomic E-state index is 9.40. The van der Waals surface area contributed by atoms with Gasteiger partial charge >= 0.3 is 0 Å². The number of rotatable bonds is 2. The molecule has 0 amide bonds. The van der Waals surface area contributed by atoms with Gasteiger partial charge in [-0.15, -0.1) is 0 Å². The van der Waals surface area contributed by atoms with Crippen molar-refractivity contribution in [3.8, 4) is 17.6 Å². The molecule has 0 radical (unpaired) electrons. The van der Waals surface area contributed by atoms with Crippen molar-refractivity contribution in [2.75, 3.05) is 0 Å². The molecule has 0 aliphatic rings. The summed E-state index contributed by atoms with van der Waals surface area (Å²) < 4.78 is 1.01. The number of phenols is 2. The fraction of sp³-hybridized carbons (Fsp3) is 0. The van der Waals surface area contributed by atoms with E-state index in [1.54, 1.807) is 18.2 Å². The molecule has 0 unspecified atom stereocenters. The van der Waals surface area contributed by atoms with E-state index in [1.165, 1.54) is 12.1 Å². The molecule has 3 nitrogen and oxygen atoms in total. The minimum atomic E-state index is -0.162. The molecule has 0 atom stereocenters. The van der Waals surface area contributed by atoms with E-state index in [2.05, 4.69) is 28.7 Å². The van der Waals surface area contributed by atoms with Gasteiger partial charge in [-0.1, -0.05) is 24.3 Å². The lowest BCUT2D eigenvalue weighted by Gasteiger charge is -2.00. The van der Waals surface area contributed by atoms with Crippen LogP contribution >= 0.6 is 22.6 Å². The summed E-state index contributed by atoms with van der Waals surface area (Å²) in [5.74, 6) is -0.311. The molecule has 0 fully saturated rings. The summed E-state index contributed by atoms with van der Waals surface area (Å²) in [6, 6.07) is 12.3. The Labute approximate surface area is 124 Å². The quantitative estimate of drug-likeness (QED) is 0.485. The third-order valence-corrected chi connectivity index (χ3v) is 3.26. The summed E-state index contributed by atoms with van der Waals surface area (Å²) in [6.07, 6.45) is 3.59. The molecular formula is C15H10INO2. The molecule has 19 heavy (non-hydrogen) atoms. The Kier molecular flexibility index (Phi) is 4.07. The molecule has 2 aromatic carbocycles. The highest BCUT2D eigenvalue weighted by Gasteiger charge is 2.01. The molecule has 94 valence electrons. The lowest BCUT2D eigenvalue weighted by Crippen LogP contribution is -1.83. The minimum Gasteiger partial charge on any atom is -0.504 e. The summed E-state index contributed by atoms with van der Waals surface area (Å²) in [5.41, 5.74) is 2.17. The van der Waals surface area contributed by atoms with Crippen LogP contribution in [0.1, 0.15) is 16.7 Å². The fourth-order valence-corrected chi connectivity index (χ4v) is 2.09. The van der Waals surface area contributed by atoms with E-state index in [1.807, 2.05) is 18.2 Å². The van der Waals surface area contributed by atoms with Gasteiger partial charge in [0.05, 0.1) is 11.6 Å². The van der Waals surface area contributed by atoms with Gasteiger partial charge in [-0.3, -0.25) is 0 Å². The first kappa shape index (κ1) is 13.4. The van der Waals surface area contributed by atoms with E-state index in [0.717, 1.165) is 14.7 Å². The van der Waals surface area contributed by atoms with Crippen molar-refractivity contribution in [1.82, 2.24) is 0 Å². The molecule has 0 aliphatic carbocycles. The monoisotopic (exact) mass is 363 g/mol. The Hall–Kier alpha value is -2.00. The normalized spacial score (nSPS) is 10.5. The van der Waals surface area contributed by atoms with Crippen LogP contribution in [0.5, 0.6) is 11.5 Å². The van der Waals surface area contributed by atoms with Crippen LogP contribution in [0.25, 0.3) is 12.2 Å². The van der Waals surface area contributed by atoms with Crippen LogP contribution in [0.2, 0.25) is 0 Å². The van der Waals surface area contributed by atoms with Crippen molar-refractivity contribution < 1.29 is 10.2 Å². The van der Waals surface area contributed by atoms with Crippen molar-refractivity contribution in [1.29, 1.82) is 5.26 Å².